The molecule has 0 saturated carbocycles. The molecule has 1 atom stereocenters. The zero-order valence-corrected chi connectivity index (χ0v) is 11.4. The second kappa shape index (κ2) is 4.53. The van der Waals surface area contributed by atoms with Crippen LogP contribution in [-0.4, -0.2) is 11.7 Å². The number of benzene rings is 1. The summed E-state index contributed by atoms with van der Waals surface area (Å²) in [6.45, 7) is 2.07. The Hall–Kier alpha value is -1.55. The zero-order chi connectivity index (χ0) is 13.6. The van der Waals surface area contributed by atoms with E-state index in [1.165, 1.54) is 18.4 Å². The van der Waals surface area contributed by atoms with E-state index in [4.69, 9.17) is 10.5 Å². The van der Waals surface area contributed by atoms with E-state index in [-0.39, 0.29) is 17.7 Å². The fourth-order valence-corrected chi connectivity index (χ4v) is 3.13. The van der Waals surface area contributed by atoms with E-state index in [2.05, 4.69) is 11.5 Å². The molecule has 0 amide bonds. The van der Waals surface area contributed by atoms with Crippen LogP contribution in [0.15, 0.2) is 12.1 Å². The van der Waals surface area contributed by atoms with Gasteiger partial charge in [-0.15, -0.1) is 0 Å². The Kier molecular flexibility index (Phi) is 2.97. The molecule has 4 heteroatoms. The van der Waals surface area contributed by atoms with E-state index in [0.717, 1.165) is 36.6 Å². The summed E-state index contributed by atoms with van der Waals surface area (Å²) in [7, 11) is 1.49. The fraction of sp³-hybridized carbons (Fsp3) is 0.467. The summed E-state index contributed by atoms with van der Waals surface area (Å²) in [5, 5.41) is 0.995. The van der Waals surface area contributed by atoms with Crippen LogP contribution in [-0.2, 0) is 12.8 Å². The van der Waals surface area contributed by atoms with Gasteiger partial charge in [-0.3, -0.25) is 0 Å². The van der Waals surface area contributed by atoms with E-state index in [9.17, 15) is 4.39 Å². The van der Waals surface area contributed by atoms with Crippen LogP contribution in [0.5, 0.6) is 5.75 Å². The van der Waals surface area contributed by atoms with Crippen molar-refractivity contribution in [2.75, 3.05) is 7.11 Å². The number of aryl methyl sites for hydroxylation is 1. The third-order valence-electron chi connectivity index (χ3n) is 4.08. The van der Waals surface area contributed by atoms with Gasteiger partial charge < -0.3 is 15.0 Å². The molecule has 2 N–H and O–H groups in total. The lowest BCUT2D eigenvalue weighted by Crippen LogP contribution is -2.19. The van der Waals surface area contributed by atoms with Gasteiger partial charge >= 0.3 is 0 Å². The lowest BCUT2D eigenvalue weighted by molar-refractivity contribution is 0.387. The number of ether oxygens (including phenoxy) is 1. The van der Waals surface area contributed by atoms with Crippen LogP contribution in [0.1, 0.15) is 37.2 Å². The average molecular weight is 262 g/mol. The topological polar surface area (TPSA) is 40.2 Å². The SMILES string of the molecule is CC[C@H](N)n1c2c(c3cc(F)c(OC)cc31)CCC2. The maximum absolute atomic E-state index is 13.9. The Balaban J connectivity index is 2.33. The Labute approximate surface area is 112 Å². The van der Waals surface area contributed by atoms with Gasteiger partial charge in [0.05, 0.1) is 18.8 Å². The van der Waals surface area contributed by atoms with Crippen molar-refractivity contribution in [3.05, 3.63) is 29.2 Å². The molecule has 3 nitrogen and oxygen atoms in total. The molecule has 1 aromatic heterocycles. The summed E-state index contributed by atoms with van der Waals surface area (Å²) in [4.78, 5) is 0. The van der Waals surface area contributed by atoms with Gasteiger partial charge in [-0.05, 0) is 37.3 Å². The van der Waals surface area contributed by atoms with Gasteiger partial charge in [0.25, 0.3) is 0 Å². The van der Waals surface area contributed by atoms with Crippen LogP contribution < -0.4 is 10.5 Å². The van der Waals surface area contributed by atoms with Gasteiger partial charge in [0.1, 0.15) is 0 Å². The number of hydrogen-bond donors (Lipinski definition) is 1. The van der Waals surface area contributed by atoms with Gasteiger partial charge in [0.2, 0.25) is 0 Å². The van der Waals surface area contributed by atoms with Crippen molar-refractivity contribution in [3.8, 4) is 5.75 Å². The smallest absolute Gasteiger partial charge is 0.165 e. The number of aromatic nitrogens is 1. The number of nitrogens with zero attached hydrogens (tertiary/aromatic N) is 1. The first-order valence-corrected chi connectivity index (χ1v) is 6.82. The van der Waals surface area contributed by atoms with Gasteiger partial charge in [-0.1, -0.05) is 6.92 Å². The summed E-state index contributed by atoms with van der Waals surface area (Å²) < 4.78 is 21.2. The molecule has 102 valence electrons. The number of hydrogen-bond acceptors (Lipinski definition) is 2. The third-order valence-corrected chi connectivity index (χ3v) is 4.08. The van der Waals surface area contributed by atoms with Crippen LogP contribution in [0.2, 0.25) is 0 Å². The van der Waals surface area contributed by atoms with Crippen LogP contribution in [0, 0.1) is 5.82 Å². The molecule has 0 unspecified atom stereocenters. The number of halogens is 1. The van der Waals surface area contributed by atoms with Gasteiger partial charge in [-0.25, -0.2) is 4.39 Å². The predicted octanol–water partition coefficient (Wildman–Crippen LogP) is 3.15. The molecule has 3 rings (SSSR count). The summed E-state index contributed by atoms with van der Waals surface area (Å²) in [6.07, 6.45) is 3.98. The van der Waals surface area contributed by atoms with Crippen LogP contribution in [0.25, 0.3) is 10.9 Å². The Morgan fingerprint density at radius 2 is 2.21 bits per heavy atom. The number of rotatable bonds is 3. The van der Waals surface area contributed by atoms with Crippen molar-refractivity contribution in [3.63, 3.8) is 0 Å². The first kappa shape index (κ1) is 12.5. The molecule has 1 aromatic carbocycles. The van der Waals surface area contributed by atoms with Crippen LogP contribution in [0.4, 0.5) is 4.39 Å². The second-order valence-corrected chi connectivity index (χ2v) is 5.13. The lowest BCUT2D eigenvalue weighted by Gasteiger charge is -2.17. The molecule has 19 heavy (non-hydrogen) atoms. The van der Waals surface area contributed by atoms with Gasteiger partial charge in [-0.2, -0.15) is 0 Å². The molecular weight excluding hydrogens is 243 g/mol. The summed E-state index contributed by atoms with van der Waals surface area (Å²) in [5.41, 5.74) is 9.77. The minimum absolute atomic E-state index is 0.0560. The minimum atomic E-state index is -0.299. The Bertz CT molecular complexity index is 633. The van der Waals surface area contributed by atoms with Gasteiger partial charge in [0, 0.05) is 17.1 Å². The third kappa shape index (κ3) is 1.74. The lowest BCUT2D eigenvalue weighted by atomic mass is 10.1. The molecule has 0 aliphatic heterocycles. The zero-order valence-electron chi connectivity index (χ0n) is 11.4. The van der Waals surface area contributed by atoms with E-state index in [1.54, 1.807) is 12.1 Å². The monoisotopic (exact) mass is 262 g/mol. The summed E-state index contributed by atoms with van der Waals surface area (Å²) >= 11 is 0. The highest BCUT2D eigenvalue weighted by atomic mass is 19.1. The molecule has 0 fully saturated rings. The molecule has 0 radical (unpaired) electrons. The minimum Gasteiger partial charge on any atom is -0.494 e. The maximum atomic E-state index is 13.9. The molecule has 1 heterocycles. The molecule has 1 aliphatic rings. The Morgan fingerprint density at radius 3 is 2.89 bits per heavy atom. The molecule has 0 bridgehead atoms. The van der Waals surface area contributed by atoms with E-state index < -0.39 is 0 Å². The highest BCUT2D eigenvalue weighted by Crippen LogP contribution is 2.37. The predicted molar refractivity (Wildman–Crippen MR) is 74.0 cm³/mol. The molecule has 2 aromatic rings. The normalized spacial score (nSPS) is 15.8. The number of fused-ring (bicyclic) bond motifs is 3. The molecule has 1 aliphatic carbocycles. The summed E-state index contributed by atoms with van der Waals surface area (Å²) in [5.74, 6) is -0.0138. The van der Waals surface area contributed by atoms with Gasteiger partial charge in [0.15, 0.2) is 11.6 Å². The first-order valence-electron chi connectivity index (χ1n) is 6.82. The first-order chi connectivity index (χ1) is 9.17. The number of nitrogens with two attached hydrogens (primary N) is 1. The van der Waals surface area contributed by atoms with Crippen molar-refractivity contribution >= 4 is 10.9 Å². The standard InChI is InChI=1S/C15H19FN2O/c1-3-15(17)18-12-6-4-5-9(12)10-7-11(16)14(19-2)8-13(10)18/h7-8,15H,3-6,17H2,1-2H3/t15-/m1/s1. The van der Waals surface area contributed by atoms with Crippen molar-refractivity contribution in [1.29, 1.82) is 0 Å². The largest absolute Gasteiger partial charge is 0.494 e. The van der Waals surface area contributed by atoms with Crippen molar-refractivity contribution in [2.24, 2.45) is 5.73 Å². The number of methoxy groups -OCH3 is 1. The van der Waals surface area contributed by atoms with E-state index in [1.807, 2.05) is 0 Å². The molecular formula is C15H19FN2O. The summed E-state index contributed by atoms with van der Waals surface area (Å²) in [6, 6.07) is 3.37. The molecule has 0 spiro atoms. The van der Waals surface area contributed by atoms with Crippen molar-refractivity contribution in [1.82, 2.24) is 4.57 Å². The van der Waals surface area contributed by atoms with Crippen LogP contribution in [0.3, 0.4) is 0 Å². The quantitative estimate of drug-likeness (QED) is 0.923. The molecule has 0 saturated heterocycles. The fourth-order valence-electron chi connectivity index (χ4n) is 3.13. The second-order valence-electron chi connectivity index (χ2n) is 5.13. The Morgan fingerprint density at radius 1 is 1.42 bits per heavy atom. The van der Waals surface area contributed by atoms with E-state index in [0.29, 0.717) is 0 Å². The highest BCUT2D eigenvalue weighted by Gasteiger charge is 2.25. The van der Waals surface area contributed by atoms with Crippen molar-refractivity contribution < 1.29 is 9.13 Å². The van der Waals surface area contributed by atoms with E-state index >= 15 is 0 Å². The highest BCUT2D eigenvalue weighted by molar-refractivity contribution is 5.87. The van der Waals surface area contributed by atoms with Crippen LogP contribution >= 0.6 is 0 Å². The van der Waals surface area contributed by atoms with Crippen molar-refractivity contribution in [2.45, 2.75) is 38.8 Å². The average Bonchev–Trinajstić information content (AvgIpc) is 2.97. The maximum Gasteiger partial charge on any atom is 0.165 e.